The topological polar surface area (TPSA) is 50.7 Å². The third kappa shape index (κ3) is 4.90. The molecule has 0 fully saturated rings. The molecule has 0 bridgehead atoms. The third-order valence-electron chi connectivity index (χ3n) is 3.79. The maximum Gasteiger partial charge on any atom is 0.161 e. The fraction of sp³-hybridized carbons (Fsp3) is 0.647. The van der Waals surface area contributed by atoms with E-state index in [9.17, 15) is 5.11 Å². The minimum atomic E-state index is -0.241. The molecule has 118 valence electrons. The van der Waals surface area contributed by atoms with Gasteiger partial charge in [0.15, 0.2) is 11.5 Å². The van der Waals surface area contributed by atoms with Gasteiger partial charge in [-0.25, -0.2) is 0 Å². The van der Waals surface area contributed by atoms with Gasteiger partial charge in [0.1, 0.15) is 0 Å². The Morgan fingerprint density at radius 2 is 1.86 bits per heavy atom. The van der Waals surface area contributed by atoms with Gasteiger partial charge in [0.25, 0.3) is 0 Å². The Kier molecular flexibility index (Phi) is 5.88. The Balaban J connectivity index is 1.93. The van der Waals surface area contributed by atoms with Gasteiger partial charge in [-0.15, -0.1) is 0 Å². The number of rotatable bonds is 6. The Hall–Kier alpha value is -1.26. The van der Waals surface area contributed by atoms with Gasteiger partial charge in [-0.2, -0.15) is 0 Å². The molecule has 21 heavy (non-hydrogen) atoms. The molecule has 4 nitrogen and oxygen atoms in total. The lowest BCUT2D eigenvalue weighted by molar-refractivity contribution is 0.162. The fourth-order valence-corrected chi connectivity index (χ4v) is 2.61. The summed E-state index contributed by atoms with van der Waals surface area (Å²) in [6.07, 6.45) is 1.50. The van der Waals surface area contributed by atoms with Crippen LogP contribution in [0.15, 0.2) is 18.2 Å². The van der Waals surface area contributed by atoms with Crippen molar-refractivity contribution in [3.8, 4) is 11.5 Å². The summed E-state index contributed by atoms with van der Waals surface area (Å²) in [5.41, 5.74) is 1.20. The molecular formula is C17H27NO3. The quantitative estimate of drug-likeness (QED) is 0.847. The van der Waals surface area contributed by atoms with Crippen LogP contribution in [0.5, 0.6) is 11.5 Å². The van der Waals surface area contributed by atoms with Gasteiger partial charge in [0.05, 0.1) is 19.3 Å². The molecule has 1 aliphatic heterocycles. The predicted octanol–water partition coefficient (Wildman–Crippen LogP) is 2.91. The summed E-state index contributed by atoms with van der Waals surface area (Å²) in [7, 11) is 0. The van der Waals surface area contributed by atoms with E-state index in [-0.39, 0.29) is 12.1 Å². The van der Waals surface area contributed by atoms with Crippen molar-refractivity contribution >= 4 is 0 Å². The normalized spacial score (nSPS) is 18.7. The van der Waals surface area contributed by atoms with Gasteiger partial charge in [-0.3, -0.25) is 0 Å². The van der Waals surface area contributed by atoms with Crippen LogP contribution in [0.1, 0.15) is 45.2 Å². The first kappa shape index (κ1) is 16.1. The smallest absolute Gasteiger partial charge is 0.161 e. The molecule has 4 heteroatoms. The lowest BCUT2D eigenvalue weighted by Gasteiger charge is -2.20. The van der Waals surface area contributed by atoms with Crippen molar-refractivity contribution in [3.63, 3.8) is 0 Å². The summed E-state index contributed by atoms with van der Waals surface area (Å²) >= 11 is 0. The van der Waals surface area contributed by atoms with E-state index >= 15 is 0 Å². The van der Waals surface area contributed by atoms with Gasteiger partial charge < -0.3 is 19.9 Å². The van der Waals surface area contributed by atoms with Crippen LogP contribution in [0.4, 0.5) is 0 Å². The van der Waals surface area contributed by atoms with Crippen LogP contribution >= 0.6 is 0 Å². The van der Waals surface area contributed by atoms with E-state index in [0.717, 1.165) is 37.5 Å². The molecular weight excluding hydrogens is 266 g/mol. The molecule has 0 saturated heterocycles. The second-order valence-corrected chi connectivity index (χ2v) is 6.08. The highest BCUT2D eigenvalue weighted by molar-refractivity contribution is 5.44. The number of hydrogen-bond donors (Lipinski definition) is 2. The number of nitrogens with one attached hydrogen (secondary N) is 1. The first-order valence-corrected chi connectivity index (χ1v) is 7.87. The second kappa shape index (κ2) is 7.66. The average molecular weight is 293 g/mol. The number of ether oxygens (including phenoxy) is 2. The monoisotopic (exact) mass is 293 g/mol. The molecule has 2 N–H and O–H groups in total. The van der Waals surface area contributed by atoms with E-state index in [4.69, 9.17) is 9.47 Å². The molecule has 3 atom stereocenters. The molecule has 3 unspecified atom stereocenters. The Bertz CT molecular complexity index is 448. The fourth-order valence-electron chi connectivity index (χ4n) is 2.61. The Morgan fingerprint density at radius 1 is 1.14 bits per heavy atom. The molecule has 0 aliphatic carbocycles. The molecule has 0 aromatic heterocycles. The van der Waals surface area contributed by atoms with Gasteiger partial charge in [0.2, 0.25) is 0 Å². The van der Waals surface area contributed by atoms with Gasteiger partial charge >= 0.3 is 0 Å². The number of aliphatic hydroxyl groups is 1. The molecule has 1 aromatic rings. The second-order valence-electron chi connectivity index (χ2n) is 6.08. The number of benzene rings is 1. The summed E-state index contributed by atoms with van der Waals surface area (Å²) < 4.78 is 11.4. The SMILES string of the molecule is CC(O)CC(C)CNC(C)c1ccc2c(c1)OCCCO2. The summed E-state index contributed by atoms with van der Waals surface area (Å²) in [6.45, 7) is 8.46. The van der Waals surface area contributed by atoms with Crippen molar-refractivity contribution in [1.29, 1.82) is 0 Å². The zero-order valence-electron chi connectivity index (χ0n) is 13.3. The standard InChI is InChI=1S/C17H27NO3/c1-12(9-13(2)19)11-18-14(3)15-5-6-16-17(10-15)21-8-4-7-20-16/h5-6,10,12-14,18-19H,4,7-9,11H2,1-3H3. The van der Waals surface area contributed by atoms with Crippen molar-refractivity contribution in [2.45, 2.75) is 45.8 Å². The highest BCUT2D eigenvalue weighted by Gasteiger charge is 2.14. The van der Waals surface area contributed by atoms with E-state index in [2.05, 4.69) is 31.3 Å². The van der Waals surface area contributed by atoms with E-state index < -0.39 is 0 Å². The van der Waals surface area contributed by atoms with Crippen LogP contribution in [0, 0.1) is 5.92 Å². The molecule has 1 aromatic carbocycles. The van der Waals surface area contributed by atoms with Crippen LogP contribution in [-0.2, 0) is 0 Å². The van der Waals surface area contributed by atoms with Gasteiger partial charge in [0, 0.05) is 12.5 Å². The Labute approximate surface area is 127 Å². The van der Waals surface area contributed by atoms with Crippen LogP contribution in [0.25, 0.3) is 0 Å². The minimum Gasteiger partial charge on any atom is -0.490 e. The maximum absolute atomic E-state index is 9.41. The number of hydrogen-bond acceptors (Lipinski definition) is 4. The lowest BCUT2D eigenvalue weighted by Crippen LogP contribution is -2.26. The molecule has 1 aliphatic rings. The van der Waals surface area contributed by atoms with Crippen LogP contribution in [0.2, 0.25) is 0 Å². The van der Waals surface area contributed by atoms with E-state index in [0.29, 0.717) is 12.5 Å². The number of fused-ring (bicyclic) bond motifs is 1. The predicted molar refractivity (Wildman–Crippen MR) is 83.9 cm³/mol. The summed E-state index contributed by atoms with van der Waals surface area (Å²) in [6, 6.07) is 6.40. The van der Waals surface area contributed by atoms with Crippen molar-refractivity contribution in [3.05, 3.63) is 23.8 Å². The molecule has 0 saturated carbocycles. The van der Waals surface area contributed by atoms with E-state index in [1.807, 2.05) is 13.0 Å². The zero-order valence-corrected chi connectivity index (χ0v) is 13.3. The van der Waals surface area contributed by atoms with Crippen molar-refractivity contribution in [1.82, 2.24) is 5.32 Å². The van der Waals surface area contributed by atoms with Crippen LogP contribution in [0.3, 0.4) is 0 Å². The van der Waals surface area contributed by atoms with E-state index in [1.54, 1.807) is 0 Å². The molecule has 0 amide bonds. The van der Waals surface area contributed by atoms with Gasteiger partial charge in [-0.05, 0) is 50.4 Å². The van der Waals surface area contributed by atoms with Crippen LogP contribution < -0.4 is 14.8 Å². The third-order valence-corrected chi connectivity index (χ3v) is 3.79. The first-order chi connectivity index (χ1) is 10.1. The lowest BCUT2D eigenvalue weighted by atomic mass is 10.0. The van der Waals surface area contributed by atoms with Gasteiger partial charge in [-0.1, -0.05) is 13.0 Å². The summed E-state index contributed by atoms with van der Waals surface area (Å²) in [5.74, 6) is 2.13. The molecule has 0 radical (unpaired) electrons. The molecule has 2 rings (SSSR count). The maximum atomic E-state index is 9.41. The zero-order chi connectivity index (χ0) is 15.2. The average Bonchev–Trinajstić information content (AvgIpc) is 2.68. The summed E-state index contributed by atoms with van der Waals surface area (Å²) in [4.78, 5) is 0. The highest BCUT2D eigenvalue weighted by Crippen LogP contribution is 2.32. The van der Waals surface area contributed by atoms with Crippen molar-refractivity contribution in [2.24, 2.45) is 5.92 Å². The highest BCUT2D eigenvalue weighted by atomic mass is 16.5. The molecule has 1 heterocycles. The van der Waals surface area contributed by atoms with E-state index in [1.165, 1.54) is 5.56 Å². The van der Waals surface area contributed by atoms with Crippen molar-refractivity contribution < 1.29 is 14.6 Å². The largest absolute Gasteiger partial charge is 0.490 e. The van der Waals surface area contributed by atoms with Crippen LogP contribution in [-0.4, -0.2) is 31.0 Å². The molecule has 0 spiro atoms. The first-order valence-electron chi connectivity index (χ1n) is 7.87. The van der Waals surface area contributed by atoms with Crippen molar-refractivity contribution in [2.75, 3.05) is 19.8 Å². The minimum absolute atomic E-state index is 0.241. The number of aliphatic hydroxyl groups excluding tert-OH is 1. The summed E-state index contributed by atoms with van der Waals surface area (Å²) in [5, 5.41) is 12.9. The Morgan fingerprint density at radius 3 is 2.57 bits per heavy atom.